The highest BCUT2D eigenvalue weighted by Gasteiger charge is 2.41. The van der Waals surface area contributed by atoms with Crippen molar-refractivity contribution >= 4 is 19.9 Å². The molecule has 10 heteroatoms. The van der Waals surface area contributed by atoms with Crippen LogP contribution in [0.25, 0.3) is 11.4 Å². The fraction of sp³-hybridized carbons (Fsp3) is 0.560. The van der Waals surface area contributed by atoms with Crippen molar-refractivity contribution in [2.45, 2.75) is 77.7 Å². The smallest absolute Gasteiger partial charge is 0.434 e. The number of allylic oxidation sites excluding steroid dienone is 1. The van der Waals surface area contributed by atoms with E-state index >= 15 is 0 Å². The highest BCUT2D eigenvalue weighted by Crippen LogP contribution is 2.39. The van der Waals surface area contributed by atoms with Gasteiger partial charge in [-0.15, -0.1) is 0 Å². The van der Waals surface area contributed by atoms with E-state index in [9.17, 15) is 18.0 Å². The quantitative estimate of drug-likeness (QED) is 0.303. The number of hydrogen-bond donors (Lipinski definition) is 0. The van der Waals surface area contributed by atoms with E-state index in [-0.39, 0.29) is 17.5 Å². The van der Waals surface area contributed by atoms with Crippen molar-refractivity contribution in [3.05, 3.63) is 46.9 Å². The number of hydrogen-bond acceptors (Lipinski definition) is 5. The molecule has 6 nitrogen and oxygen atoms in total. The van der Waals surface area contributed by atoms with Crippen LogP contribution in [-0.2, 0) is 15.3 Å². The Labute approximate surface area is 205 Å². The Kier molecular flexibility index (Phi) is 7.95. The maximum Gasteiger partial charge on any atom is 0.434 e. The second kappa shape index (κ2) is 10.3. The minimum absolute atomic E-state index is 0.00638. The van der Waals surface area contributed by atoms with Crippen molar-refractivity contribution < 1.29 is 27.1 Å². The van der Waals surface area contributed by atoms with Crippen LogP contribution < -0.4 is 0 Å². The third kappa shape index (κ3) is 6.03. The second-order valence-corrected chi connectivity index (χ2v) is 15.1. The van der Waals surface area contributed by atoms with E-state index in [2.05, 4.69) is 43.9 Å². The van der Waals surface area contributed by atoms with Crippen molar-refractivity contribution in [3.8, 4) is 5.82 Å². The first kappa shape index (κ1) is 27.1. The summed E-state index contributed by atoms with van der Waals surface area (Å²) in [5.74, 6) is -1.07. The van der Waals surface area contributed by atoms with Crippen LogP contribution >= 0.6 is 0 Å². The second-order valence-electron chi connectivity index (χ2n) is 10.3. The van der Waals surface area contributed by atoms with Crippen LogP contribution in [0.15, 0.2) is 30.0 Å². The van der Waals surface area contributed by atoms with Gasteiger partial charge in [-0.2, -0.15) is 18.3 Å². The average Bonchev–Trinajstić information content (AvgIpc) is 3.24. The molecule has 0 radical (unpaired) electrons. The number of esters is 1. The molecule has 3 rings (SSSR count). The molecule has 0 unspecified atom stereocenters. The first-order valence-electron chi connectivity index (χ1n) is 11.9. The van der Waals surface area contributed by atoms with Crippen LogP contribution in [0.1, 0.15) is 75.1 Å². The third-order valence-corrected chi connectivity index (χ3v) is 11.3. The number of alkyl halides is 3. The largest absolute Gasteiger partial charge is 0.462 e. The zero-order chi connectivity index (χ0) is 26.0. The first-order valence-corrected chi connectivity index (χ1v) is 14.8. The molecule has 0 saturated carbocycles. The first-order chi connectivity index (χ1) is 16.3. The Morgan fingerprint density at radius 3 is 2.46 bits per heavy atom. The fourth-order valence-electron chi connectivity index (χ4n) is 3.78. The molecule has 0 saturated heterocycles. The van der Waals surface area contributed by atoms with Crippen molar-refractivity contribution in [2.75, 3.05) is 13.2 Å². The molecule has 0 bridgehead atoms. The molecule has 2 aromatic heterocycles. The van der Waals surface area contributed by atoms with Gasteiger partial charge in [-0.3, -0.25) is 0 Å². The predicted octanol–water partition coefficient (Wildman–Crippen LogP) is 6.81. The Hall–Kier alpha value is -2.46. The lowest BCUT2D eigenvalue weighted by atomic mass is 9.90. The van der Waals surface area contributed by atoms with Gasteiger partial charge in [-0.25, -0.2) is 14.5 Å². The maximum atomic E-state index is 13.9. The molecule has 0 amide bonds. The summed E-state index contributed by atoms with van der Waals surface area (Å²) in [4.78, 5) is 16.7. The minimum Gasteiger partial charge on any atom is -0.462 e. The molecule has 2 heterocycles. The minimum atomic E-state index is -4.82. The van der Waals surface area contributed by atoms with E-state index in [0.29, 0.717) is 17.0 Å². The fourth-order valence-corrected chi connectivity index (χ4v) is 4.75. The molecule has 0 aromatic carbocycles. The van der Waals surface area contributed by atoms with Crippen LogP contribution in [0.3, 0.4) is 0 Å². The van der Waals surface area contributed by atoms with Gasteiger partial charge in [0.2, 0.25) is 0 Å². The molecule has 1 aliphatic carbocycles. The van der Waals surface area contributed by atoms with Crippen molar-refractivity contribution in [2.24, 2.45) is 0 Å². The van der Waals surface area contributed by atoms with Crippen molar-refractivity contribution in [3.63, 3.8) is 0 Å². The summed E-state index contributed by atoms with van der Waals surface area (Å²) in [6, 6.07) is 4.92. The van der Waals surface area contributed by atoms with Crippen molar-refractivity contribution in [1.29, 1.82) is 0 Å². The molecule has 0 atom stereocenters. The van der Waals surface area contributed by atoms with E-state index in [1.807, 2.05) is 0 Å². The summed E-state index contributed by atoms with van der Waals surface area (Å²) in [7, 11) is -1.96. The van der Waals surface area contributed by atoms with E-state index in [1.54, 1.807) is 12.1 Å². The molecule has 0 spiro atoms. The summed E-state index contributed by atoms with van der Waals surface area (Å²) < 4.78 is 53.7. The van der Waals surface area contributed by atoms with E-state index < -0.39 is 31.7 Å². The summed E-state index contributed by atoms with van der Waals surface area (Å²) >= 11 is 0. The van der Waals surface area contributed by atoms with Gasteiger partial charge < -0.3 is 9.16 Å². The molecule has 1 aliphatic rings. The van der Waals surface area contributed by atoms with E-state index in [4.69, 9.17) is 9.16 Å². The average molecular weight is 510 g/mol. The molecule has 35 heavy (non-hydrogen) atoms. The molecule has 2 aromatic rings. The van der Waals surface area contributed by atoms with E-state index in [0.717, 1.165) is 43.0 Å². The summed E-state index contributed by atoms with van der Waals surface area (Å²) in [6.45, 7) is 13.0. The van der Waals surface area contributed by atoms with Crippen LogP contribution in [0.4, 0.5) is 13.2 Å². The number of halogens is 3. The molecular formula is C25H34F3N3O3Si. The van der Waals surface area contributed by atoms with Gasteiger partial charge in [0.05, 0.1) is 25.1 Å². The normalized spacial score (nSPS) is 15.5. The zero-order valence-electron chi connectivity index (χ0n) is 21.3. The number of rotatable bonds is 7. The Bertz CT molecular complexity index is 1100. The standard InChI is InChI=1S/C25H34F3N3O3Si/c1-7-33-23(32)19-15-29-31(22(19)25(26,27)28)21-14-10-13-20(30-21)18-12-9-8-11-17(18)16-34-35(5,6)24(2,3)4/h10,13-15H,7-9,11-12,16H2,1-6H3. The van der Waals surface area contributed by atoms with Gasteiger partial charge in [-0.1, -0.05) is 26.8 Å². The number of ether oxygens (including phenoxy) is 1. The lowest BCUT2D eigenvalue weighted by molar-refractivity contribution is -0.143. The lowest BCUT2D eigenvalue weighted by Gasteiger charge is -2.37. The van der Waals surface area contributed by atoms with Gasteiger partial charge in [-0.05, 0) is 74.0 Å². The maximum absolute atomic E-state index is 13.9. The predicted molar refractivity (Wildman–Crippen MR) is 131 cm³/mol. The lowest BCUT2D eigenvalue weighted by Crippen LogP contribution is -2.41. The van der Waals surface area contributed by atoms with Gasteiger partial charge in [0.15, 0.2) is 19.8 Å². The summed E-state index contributed by atoms with van der Waals surface area (Å²) in [5.41, 5.74) is 0.946. The highest BCUT2D eigenvalue weighted by molar-refractivity contribution is 6.74. The number of pyridine rings is 1. The van der Waals surface area contributed by atoms with Crippen LogP contribution in [0.5, 0.6) is 0 Å². The highest BCUT2D eigenvalue weighted by atomic mass is 28.4. The number of carbonyl (C=O) groups excluding carboxylic acids is 1. The molecular weight excluding hydrogens is 475 g/mol. The van der Waals surface area contributed by atoms with Gasteiger partial charge in [0.25, 0.3) is 0 Å². The molecule has 0 fully saturated rings. The van der Waals surface area contributed by atoms with Gasteiger partial charge in [0, 0.05) is 0 Å². The number of aromatic nitrogens is 3. The van der Waals surface area contributed by atoms with Gasteiger partial charge in [0.1, 0.15) is 5.56 Å². The Balaban J connectivity index is 2.01. The van der Waals surface area contributed by atoms with Crippen LogP contribution in [0.2, 0.25) is 18.1 Å². The number of carbonyl (C=O) groups is 1. The molecule has 0 aliphatic heterocycles. The SMILES string of the molecule is CCOC(=O)c1cnn(-c2cccc(C3=C(CO[Si](C)(C)C(C)(C)C)CCCC3)n2)c1C(F)(F)F. The summed E-state index contributed by atoms with van der Waals surface area (Å²) in [6.07, 6.45) is -0.256. The number of nitrogens with zero attached hydrogens (tertiary/aromatic N) is 3. The topological polar surface area (TPSA) is 66.2 Å². The molecule has 0 N–H and O–H groups in total. The Morgan fingerprint density at radius 1 is 1.14 bits per heavy atom. The monoisotopic (exact) mass is 509 g/mol. The van der Waals surface area contributed by atoms with E-state index in [1.165, 1.54) is 13.0 Å². The van der Waals surface area contributed by atoms with Gasteiger partial charge >= 0.3 is 12.1 Å². The van der Waals surface area contributed by atoms with Crippen LogP contribution in [-0.4, -0.2) is 42.3 Å². The Morgan fingerprint density at radius 2 is 1.83 bits per heavy atom. The third-order valence-electron chi connectivity index (χ3n) is 6.79. The van der Waals surface area contributed by atoms with Crippen LogP contribution in [0, 0.1) is 0 Å². The van der Waals surface area contributed by atoms with Crippen molar-refractivity contribution in [1.82, 2.24) is 14.8 Å². The summed E-state index contributed by atoms with van der Waals surface area (Å²) in [5, 5.41) is 3.93. The zero-order valence-corrected chi connectivity index (χ0v) is 22.3. The molecule has 192 valence electrons.